The summed E-state index contributed by atoms with van der Waals surface area (Å²) in [6.07, 6.45) is 3.21. The van der Waals surface area contributed by atoms with Crippen molar-refractivity contribution in [3.8, 4) is 0 Å². The number of carbonyl (C=O) groups is 1. The third-order valence-corrected chi connectivity index (χ3v) is 5.77. The number of pyridine rings is 1. The molecule has 4 heteroatoms. The van der Waals surface area contributed by atoms with E-state index in [0.29, 0.717) is 24.3 Å². The third-order valence-electron chi connectivity index (χ3n) is 5.77. The highest BCUT2D eigenvalue weighted by atomic mass is 16.2. The average molecular weight is 351 g/mol. The van der Waals surface area contributed by atoms with Crippen LogP contribution in [-0.2, 0) is 11.3 Å². The Kier molecular flexibility index (Phi) is 4.94. The van der Waals surface area contributed by atoms with Gasteiger partial charge in [-0.05, 0) is 36.8 Å². The minimum atomic E-state index is 0.311. The smallest absolute Gasteiger partial charge is 0.224 e. The summed E-state index contributed by atoms with van der Waals surface area (Å²) >= 11 is 0. The highest BCUT2D eigenvalue weighted by Crippen LogP contribution is 2.32. The quantitative estimate of drug-likeness (QED) is 0.824. The first-order valence-electron chi connectivity index (χ1n) is 9.96. The second-order valence-corrected chi connectivity index (χ2v) is 8.28. The molecule has 1 atom stereocenters. The topological polar surface area (TPSA) is 36.4 Å². The number of para-hydroxylation sites is 1. The Bertz CT molecular complexity index is 784. The number of benzene rings is 1. The Hall–Kier alpha value is -1.94. The van der Waals surface area contributed by atoms with Crippen molar-refractivity contribution in [1.29, 1.82) is 0 Å². The third kappa shape index (κ3) is 3.90. The molecule has 2 fully saturated rings. The van der Waals surface area contributed by atoms with Gasteiger partial charge in [-0.15, -0.1) is 0 Å². The van der Waals surface area contributed by atoms with Gasteiger partial charge in [-0.1, -0.05) is 38.1 Å². The molecule has 26 heavy (non-hydrogen) atoms. The summed E-state index contributed by atoms with van der Waals surface area (Å²) in [5, 5.41) is 1.18. The average Bonchev–Trinajstić information content (AvgIpc) is 3.46. The van der Waals surface area contributed by atoms with Crippen molar-refractivity contribution in [1.82, 2.24) is 14.8 Å². The van der Waals surface area contributed by atoms with Crippen LogP contribution in [0.25, 0.3) is 10.9 Å². The van der Waals surface area contributed by atoms with Crippen LogP contribution in [0.5, 0.6) is 0 Å². The zero-order valence-corrected chi connectivity index (χ0v) is 15.9. The molecule has 1 amide bonds. The number of rotatable bonds is 5. The molecule has 0 radical (unpaired) electrons. The summed E-state index contributed by atoms with van der Waals surface area (Å²) < 4.78 is 0. The molecule has 2 heterocycles. The van der Waals surface area contributed by atoms with E-state index < -0.39 is 0 Å². The summed E-state index contributed by atoms with van der Waals surface area (Å²) in [6.45, 7) is 8.05. The molecule has 1 aromatic carbocycles. The molecule has 0 bridgehead atoms. The molecule has 4 rings (SSSR count). The number of hydrogen-bond acceptors (Lipinski definition) is 3. The molecule has 1 aromatic heterocycles. The first-order chi connectivity index (χ1) is 12.6. The zero-order valence-electron chi connectivity index (χ0n) is 15.9. The molecule has 0 spiro atoms. The monoisotopic (exact) mass is 351 g/mol. The van der Waals surface area contributed by atoms with Crippen LogP contribution in [0.2, 0.25) is 0 Å². The van der Waals surface area contributed by atoms with Crippen LogP contribution in [0.3, 0.4) is 0 Å². The fraction of sp³-hybridized carbons (Fsp3) is 0.545. The summed E-state index contributed by atoms with van der Waals surface area (Å²) in [5.41, 5.74) is 2.14. The van der Waals surface area contributed by atoms with E-state index in [0.717, 1.165) is 43.3 Å². The number of fused-ring (bicyclic) bond motifs is 1. The number of nitrogens with zero attached hydrogens (tertiary/aromatic N) is 3. The van der Waals surface area contributed by atoms with Crippen molar-refractivity contribution < 1.29 is 4.79 Å². The molecular weight excluding hydrogens is 322 g/mol. The molecule has 1 aliphatic heterocycles. The number of carbonyl (C=O) groups excluding carboxylic acids is 1. The van der Waals surface area contributed by atoms with Gasteiger partial charge in [0, 0.05) is 44.0 Å². The van der Waals surface area contributed by atoms with Crippen LogP contribution in [0, 0.1) is 11.8 Å². The van der Waals surface area contributed by atoms with E-state index in [-0.39, 0.29) is 0 Å². The lowest BCUT2D eigenvalue weighted by Crippen LogP contribution is -2.47. The number of aromatic nitrogens is 1. The molecule has 0 N–H and O–H groups in total. The zero-order chi connectivity index (χ0) is 18.1. The molecule has 1 aliphatic carbocycles. The lowest BCUT2D eigenvalue weighted by Gasteiger charge is -2.34. The minimum Gasteiger partial charge on any atom is -0.338 e. The van der Waals surface area contributed by atoms with E-state index in [4.69, 9.17) is 4.98 Å². The van der Waals surface area contributed by atoms with Gasteiger partial charge < -0.3 is 4.90 Å². The van der Waals surface area contributed by atoms with E-state index in [1.807, 2.05) is 12.1 Å². The highest BCUT2D eigenvalue weighted by molar-refractivity contribution is 5.78. The first kappa shape index (κ1) is 17.5. The minimum absolute atomic E-state index is 0.311. The van der Waals surface area contributed by atoms with Crippen LogP contribution < -0.4 is 0 Å². The molecule has 1 saturated carbocycles. The molecule has 138 valence electrons. The van der Waals surface area contributed by atoms with E-state index in [2.05, 4.69) is 47.9 Å². The normalized spacial score (nSPS) is 22.2. The maximum atomic E-state index is 12.7. The molecular formula is C22H29N3O. The van der Waals surface area contributed by atoms with Crippen molar-refractivity contribution in [2.24, 2.45) is 11.8 Å². The maximum absolute atomic E-state index is 12.7. The first-order valence-corrected chi connectivity index (χ1v) is 9.96. The van der Waals surface area contributed by atoms with Gasteiger partial charge in [-0.3, -0.25) is 14.7 Å². The van der Waals surface area contributed by atoms with Crippen LogP contribution in [-0.4, -0.2) is 46.4 Å². The summed E-state index contributed by atoms with van der Waals surface area (Å²) in [6, 6.07) is 12.8. The van der Waals surface area contributed by atoms with Crippen LogP contribution in [0.15, 0.2) is 36.4 Å². The number of amides is 1. The largest absolute Gasteiger partial charge is 0.338 e. The van der Waals surface area contributed by atoms with Crippen molar-refractivity contribution >= 4 is 16.8 Å². The Morgan fingerprint density at radius 3 is 2.73 bits per heavy atom. The highest BCUT2D eigenvalue weighted by Gasteiger charge is 2.35. The van der Waals surface area contributed by atoms with Gasteiger partial charge in [0.15, 0.2) is 0 Å². The summed E-state index contributed by atoms with van der Waals surface area (Å²) in [7, 11) is 0. The fourth-order valence-corrected chi connectivity index (χ4v) is 3.99. The Balaban J connectivity index is 1.51. The molecule has 1 saturated heterocycles. The molecule has 2 aromatic rings. The van der Waals surface area contributed by atoms with Crippen molar-refractivity contribution in [2.45, 2.75) is 45.7 Å². The lowest BCUT2D eigenvalue weighted by molar-refractivity contribution is -0.133. The Morgan fingerprint density at radius 2 is 1.96 bits per heavy atom. The van der Waals surface area contributed by atoms with Gasteiger partial charge in [-0.2, -0.15) is 0 Å². The maximum Gasteiger partial charge on any atom is 0.224 e. The van der Waals surface area contributed by atoms with Crippen molar-refractivity contribution in [3.63, 3.8) is 0 Å². The lowest BCUT2D eigenvalue weighted by atomic mass is 10.0. The molecule has 0 unspecified atom stereocenters. The molecule has 4 nitrogen and oxygen atoms in total. The second kappa shape index (κ2) is 7.36. The standard InChI is InChI=1S/C22H29N3O/c1-16(2)21-15-24(12-11-22(26)25(21)13-17-7-8-17)14-19-10-9-18-5-3-4-6-20(18)23-19/h3-6,9-10,16-17,21H,7-8,11-15H2,1-2H3/t21-/m1/s1. The predicted octanol–water partition coefficient (Wildman–Crippen LogP) is 3.70. The van der Waals surface area contributed by atoms with Gasteiger partial charge >= 0.3 is 0 Å². The van der Waals surface area contributed by atoms with E-state index in [9.17, 15) is 4.79 Å². The van der Waals surface area contributed by atoms with E-state index in [1.165, 1.54) is 18.2 Å². The van der Waals surface area contributed by atoms with Gasteiger partial charge in [0.1, 0.15) is 0 Å². The SMILES string of the molecule is CC(C)[C@H]1CN(Cc2ccc3ccccc3n2)CCC(=O)N1CC1CC1. The number of hydrogen-bond donors (Lipinski definition) is 0. The van der Waals surface area contributed by atoms with Crippen LogP contribution in [0.4, 0.5) is 0 Å². The Morgan fingerprint density at radius 1 is 1.15 bits per heavy atom. The fourth-order valence-electron chi connectivity index (χ4n) is 3.99. The summed E-state index contributed by atoms with van der Waals surface area (Å²) in [5.74, 6) is 1.56. The molecule has 2 aliphatic rings. The van der Waals surface area contributed by atoms with Gasteiger partial charge in [0.05, 0.1) is 11.2 Å². The van der Waals surface area contributed by atoms with Gasteiger partial charge in [-0.25, -0.2) is 0 Å². The van der Waals surface area contributed by atoms with Crippen molar-refractivity contribution in [3.05, 3.63) is 42.1 Å². The van der Waals surface area contributed by atoms with E-state index in [1.54, 1.807) is 0 Å². The predicted molar refractivity (Wildman–Crippen MR) is 105 cm³/mol. The van der Waals surface area contributed by atoms with E-state index >= 15 is 0 Å². The van der Waals surface area contributed by atoms with Crippen molar-refractivity contribution in [2.75, 3.05) is 19.6 Å². The van der Waals surface area contributed by atoms with Crippen LogP contribution in [0.1, 0.15) is 38.8 Å². The van der Waals surface area contributed by atoms with Gasteiger partial charge in [0.2, 0.25) is 5.91 Å². The Labute approximate surface area is 156 Å². The second-order valence-electron chi connectivity index (χ2n) is 8.28. The van der Waals surface area contributed by atoms with Crippen LogP contribution >= 0.6 is 0 Å². The van der Waals surface area contributed by atoms with Gasteiger partial charge in [0.25, 0.3) is 0 Å². The summed E-state index contributed by atoms with van der Waals surface area (Å²) in [4.78, 5) is 22.2.